The molecule has 0 aromatic carbocycles. The summed E-state index contributed by atoms with van der Waals surface area (Å²) in [5.74, 6) is -1.64. The lowest BCUT2D eigenvalue weighted by Crippen LogP contribution is -2.63. The molecule has 1 unspecified atom stereocenters. The molecule has 0 aliphatic carbocycles. The van der Waals surface area contributed by atoms with E-state index in [2.05, 4.69) is 16.0 Å². The fourth-order valence-electron chi connectivity index (χ4n) is 4.94. The number of aliphatic hydroxyl groups excluding tert-OH is 1. The van der Waals surface area contributed by atoms with Crippen LogP contribution >= 0.6 is 23.5 Å². The average molecular weight is 516 g/mol. The third kappa shape index (κ3) is 5.31. The smallest absolute Gasteiger partial charge is 0.353 e. The molecule has 0 spiro atoms. The van der Waals surface area contributed by atoms with E-state index < -0.39 is 24.0 Å². The monoisotopic (exact) mass is 515 g/mol. The molecule has 34 heavy (non-hydrogen) atoms. The maximum atomic E-state index is 12.8. The van der Waals surface area contributed by atoms with E-state index in [1.807, 2.05) is 13.8 Å². The first-order valence-electron chi connectivity index (χ1n) is 11.4. The van der Waals surface area contributed by atoms with E-state index in [1.54, 1.807) is 6.92 Å². The van der Waals surface area contributed by atoms with E-state index in [0.29, 0.717) is 17.9 Å². The predicted molar refractivity (Wildman–Crippen MR) is 130 cm³/mol. The van der Waals surface area contributed by atoms with Crippen LogP contribution in [-0.2, 0) is 14.4 Å². The van der Waals surface area contributed by atoms with Crippen molar-refractivity contribution >= 4 is 47.3 Å². The van der Waals surface area contributed by atoms with Crippen molar-refractivity contribution in [2.24, 2.45) is 17.6 Å². The Hall–Kier alpha value is -1.96. The van der Waals surface area contributed by atoms with Crippen LogP contribution in [0.15, 0.2) is 10.6 Å². The Kier molecular flexibility index (Phi) is 8.77. The fourth-order valence-corrected chi connectivity index (χ4v) is 7.46. The van der Waals surface area contributed by atoms with E-state index in [9.17, 15) is 29.4 Å². The van der Waals surface area contributed by atoms with Gasteiger partial charge in [0, 0.05) is 41.7 Å². The van der Waals surface area contributed by atoms with Gasteiger partial charge in [-0.05, 0) is 19.1 Å². The first kappa shape index (κ1) is 26.6. The number of carbonyl (C=O) groups excluding carboxylic acids is 3. The van der Waals surface area contributed by atoms with Crippen LogP contribution in [0.5, 0.6) is 0 Å². The van der Waals surface area contributed by atoms with Crippen LogP contribution < -0.4 is 21.7 Å². The molecule has 0 aromatic rings. The van der Waals surface area contributed by atoms with E-state index in [-0.39, 0.29) is 59.1 Å². The summed E-state index contributed by atoms with van der Waals surface area (Å²) in [7, 11) is 0. The number of hydrogen-bond acceptors (Lipinski definition) is 8. The number of amides is 4. The minimum atomic E-state index is -1.14. The number of carbonyl (C=O) groups is 4. The van der Waals surface area contributed by atoms with Crippen molar-refractivity contribution in [3.8, 4) is 0 Å². The zero-order chi connectivity index (χ0) is 25.2. The number of nitrogens with zero attached hydrogens (tertiary/aromatic N) is 1. The van der Waals surface area contributed by atoms with Gasteiger partial charge in [0.25, 0.3) is 0 Å². The highest BCUT2D eigenvalue weighted by atomic mass is 32.2. The van der Waals surface area contributed by atoms with Crippen LogP contribution in [0.1, 0.15) is 27.2 Å². The summed E-state index contributed by atoms with van der Waals surface area (Å²) < 4.78 is 0. The van der Waals surface area contributed by atoms with Gasteiger partial charge in [-0.25, -0.2) is 9.59 Å². The maximum Gasteiger partial charge on any atom is 0.353 e. The normalized spacial score (nSPS) is 29.9. The van der Waals surface area contributed by atoms with Gasteiger partial charge < -0.3 is 36.8 Å². The molecule has 3 heterocycles. The average Bonchev–Trinajstić information content (AvgIpc) is 3.30. The predicted octanol–water partition coefficient (Wildman–Crippen LogP) is -0.490. The number of carboxylic acids is 1. The second-order valence-corrected chi connectivity index (χ2v) is 11.5. The lowest BCUT2D eigenvalue weighted by Gasteiger charge is -2.46. The quantitative estimate of drug-likeness (QED) is 0.157. The zero-order valence-corrected chi connectivity index (χ0v) is 21.1. The third-order valence-electron chi connectivity index (χ3n) is 6.42. The number of fused-ring (bicyclic) bond motifs is 1. The Balaban J connectivity index is 1.65. The lowest BCUT2D eigenvalue weighted by molar-refractivity contribution is -0.163. The second kappa shape index (κ2) is 11.2. The van der Waals surface area contributed by atoms with Gasteiger partial charge in [-0.15, -0.1) is 23.5 Å². The molecule has 4 amide bonds. The van der Waals surface area contributed by atoms with Crippen molar-refractivity contribution in [1.29, 1.82) is 0 Å². The topological polar surface area (TPSA) is 174 Å². The minimum absolute atomic E-state index is 0.0204. The first-order chi connectivity index (χ1) is 16.1. The van der Waals surface area contributed by atoms with E-state index in [4.69, 9.17) is 5.73 Å². The largest absolute Gasteiger partial charge is 0.477 e. The molecule has 7 N–H and O–H groups in total. The van der Waals surface area contributed by atoms with Crippen molar-refractivity contribution < 1.29 is 29.4 Å². The number of nitrogens with one attached hydrogen (secondary N) is 3. The van der Waals surface area contributed by atoms with Crippen molar-refractivity contribution in [3.63, 3.8) is 0 Å². The number of nitrogens with two attached hydrogens (primary N) is 1. The molecule has 3 rings (SSSR count). The van der Waals surface area contributed by atoms with Gasteiger partial charge in [0.2, 0.25) is 11.8 Å². The van der Waals surface area contributed by atoms with Crippen LogP contribution in [0.4, 0.5) is 4.79 Å². The van der Waals surface area contributed by atoms with E-state index in [0.717, 1.165) is 5.75 Å². The number of aliphatic carboxylic acids is 1. The van der Waals surface area contributed by atoms with Gasteiger partial charge in [0.1, 0.15) is 5.70 Å². The molecule has 11 nitrogen and oxygen atoms in total. The SMILES string of the molecule is CCSC(C(=O)NCCNC(N)=O)[C@@H]1C[C@H](SC2=C(C(=O)O)N3C(=O)[C@H]([C@@H](C)O)[C@H]3[C@H]2C)CN1. The highest BCUT2D eigenvalue weighted by Gasteiger charge is 2.60. The van der Waals surface area contributed by atoms with Crippen molar-refractivity contribution in [3.05, 3.63) is 10.6 Å². The second-order valence-electron chi connectivity index (χ2n) is 8.72. The van der Waals surface area contributed by atoms with E-state index >= 15 is 0 Å². The number of carboxylic acid groups (broad SMARTS) is 1. The van der Waals surface area contributed by atoms with Crippen LogP contribution in [0.25, 0.3) is 0 Å². The highest BCUT2D eigenvalue weighted by molar-refractivity contribution is 8.03. The van der Waals surface area contributed by atoms with Gasteiger partial charge in [0.05, 0.1) is 23.3 Å². The summed E-state index contributed by atoms with van der Waals surface area (Å²) in [6, 6.07) is -1.08. The number of thioether (sulfide) groups is 2. The molecule has 3 aliphatic heterocycles. The summed E-state index contributed by atoms with van der Waals surface area (Å²) in [5, 5.41) is 28.2. The Morgan fingerprint density at radius 3 is 2.56 bits per heavy atom. The Morgan fingerprint density at radius 1 is 1.29 bits per heavy atom. The van der Waals surface area contributed by atoms with Gasteiger partial charge >= 0.3 is 12.0 Å². The van der Waals surface area contributed by atoms with Gasteiger partial charge in [-0.1, -0.05) is 13.8 Å². The Labute approximate surface area is 207 Å². The number of aliphatic hydroxyl groups is 1. The van der Waals surface area contributed by atoms with E-state index in [1.165, 1.54) is 28.4 Å². The zero-order valence-electron chi connectivity index (χ0n) is 19.4. The van der Waals surface area contributed by atoms with Crippen molar-refractivity contribution in [2.45, 2.75) is 55.9 Å². The molecule has 190 valence electrons. The molecule has 3 aliphatic rings. The summed E-state index contributed by atoms with van der Waals surface area (Å²) in [4.78, 5) is 50.1. The molecule has 2 fully saturated rings. The number of urea groups is 1. The third-order valence-corrected chi connectivity index (χ3v) is 9.17. The van der Waals surface area contributed by atoms with Crippen LogP contribution in [0.3, 0.4) is 0 Å². The molecular formula is C21H33N5O6S2. The summed E-state index contributed by atoms with van der Waals surface area (Å²) in [6.45, 7) is 6.56. The molecular weight excluding hydrogens is 482 g/mol. The molecule has 13 heteroatoms. The summed E-state index contributed by atoms with van der Waals surface area (Å²) >= 11 is 2.99. The Morgan fingerprint density at radius 2 is 1.97 bits per heavy atom. The highest BCUT2D eigenvalue weighted by Crippen LogP contribution is 2.52. The minimum Gasteiger partial charge on any atom is -0.477 e. The maximum absolute atomic E-state index is 12.8. The van der Waals surface area contributed by atoms with Gasteiger partial charge in [0.15, 0.2) is 0 Å². The molecule has 0 saturated carbocycles. The number of rotatable bonds is 11. The van der Waals surface area contributed by atoms with Crippen LogP contribution in [-0.4, -0.2) is 93.0 Å². The molecule has 7 atom stereocenters. The standard InChI is InChI=1S/C21H33N5O6S2/c1-4-33-17(18(28)23-5-6-24-21(22)32)12-7-11(8-25-12)34-16-9(2)14-13(10(3)27)19(29)26(14)15(16)20(30)31/h9-14,17,25,27H,4-8H2,1-3H3,(H,23,28)(H,30,31)(H3,22,24,32)/t9-,10-,11+,12+,13-,14-,17?/m1/s1. The molecule has 2 saturated heterocycles. The van der Waals surface area contributed by atoms with Crippen LogP contribution in [0.2, 0.25) is 0 Å². The Bertz CT molecular complexity index is 869. The molecule has 0 bridgehead atoms. The van der Waals surface area contributed by atoms with Crippen LogP contribution in [0, 0.1) is 11.8 Å². The van der Waals surface area contributed by atoms with Gasteiger partial charge in [-0.3, -0.25) is 9.59 Å². The van der Waals surface area contributed by atoms with Gasteiger partial charge in [-0.2, -0.15) is 0 Å². The number of hydrogen-bond donors (Lipinski definition) is 6. The fraction of sp³-hybridized carbons (Fsp3) is 0.714. The summed E-state index contributed by atoms with van der Waals surface area (Å²) in [5.41, 5.74) is 5.05. The number of primary amides is 1. The lowest BCUT2D eigenvalue weighted by atomic mass is 9.79. The number of β-lactam (4-membered cyclic amide) rings is 1. The molecule has 0 aromatic heterocycles. The summed E-state index contributed by atoms with van der Waals surface area (Å²) in [6.07, 6.45) is -0.173. The molecule has 0 radical (unpaired) electrons. The van der Waals surface area contributed by atoms with Crippen molar-refractivity contribution in [1.82, 2.24) is 20.9 Å². The van der Waals surface area contributed by atoms with Crippen molar-refractivity contribution in [2.75, 3.05) is 25.4 Å². The first-order valence-corrected chi connectivity index (χ1v) is 13.3.